The number of nitrogen functional groups attached to an aromatic ring is 1. The molecule has 0 aliphatic heterocycles. The average Bonchev–Trinajstić information content (AvgIpc) is 2.02. The standard InChI is InChI=1S/C6H5N3O4/c7-3-1-2-8-4(6(10)11)5(3)9(12)13/h1-2H,(H2,7,8)(H,10,11). The van der Waals surface area contributed by atoms with Crippen LogP contribution in [0.5, 0.6) is 0 Å². The van der Waals surface area contributed by atoms with Crippen molar-refractivity contribution in [1.29, 1.82) is 0 Å². The quantitative estimate of drug-likeness (QED) is 0.501. The third-order valence-electron chi connectivity index (χ3n) is 1.34. The molecule has 0 saturated carbocycles. The molecule has 0 aromatic carbocycles. The van der Waals surface area contributed by atoms with Crippen LogP contribution in [-0.2, 0) is 0 Å². The van der Waals surface area contributed by atoms with Crippen LogP contribution in [0.15, 0.2) is 12.3 Å². The molecule has 1 aromatic heterocycles. The second-order valence-corrected chi connectivity index (χ2v) is 2.16. The van der Waals surface area contributed by atoms with Crippen molar-refractivity contribution < 1.29 is 14.8 Å². The second kappa shape index (κ2) is 3.05. The number of aromatic carboxylic acids is 1. The maximum atomic E-state index is 10.5. The van der Waals surface area contributed by atoms with Gasteiger partial charge in [-0.2, -0.15) is 0 Å². The van der Waals surface area contributed by atoms with Crippen molar-refractivity contribution in [1.82, 2.24) is 4.98 Å². The number of rotatable bonds is 2. The van der Waals surface area contributed by atoms with Gasteiger partial charge in [0.1, 0.15) is 5.69 Å². The Kier molecular flexibility index (Phi) is 2.09. The van der Waals surface area contributed by atoms with Crippen LogP contribution in [-0.4, -0.2) is 21.0 Å². The zero-order chi connectivity index (χ0) is 10.0. The van der Waals surface area contributed by atoms with Crippen LogP contribution in [0.25, 0.3) is 0 Å². The first-order valence-electron chi connectivity index (χ1n) is 3.16. The minimum Gasteiger partial charge on any atom is -0.476 e. The summed E-state index contributed by atoms with van der Waals surface area (Å²) in [6, 6.07) is 1.17. The Morgan fingerprint density at radius 1 is 1.69 bits per heavy atom. The number of nitro groups is 1. The number of carboxylic acids is 1. The highest BCUT2D eigenvalue weighted by atomic mass is 16.6. The van der Waals surface area contributed by atoms with Crippen molar-refractivity contribution in [2.45, 2.75) is 0 Å². The van der Waals surface area contributed by atoms with Gasteiger partial charge in [-0.25, -0.2) is 9.78 Å². The minimum atomic E-state index is -1.47. The Hall–Kier alpha value is -2.18. The summed E-state index contributed by atoms with van der Waals surface area (Å²) in [6.45, 7) is 0. The first-order valence-corrected chi connectivity index (χ1v) is 3.16. The van der Waals surface area contributed by atoms with Gasteiger partial charge < -0.3 is 10.8 Å². The second-order valence-electron chi connectivity index (χ2n) is 2.16. The van der Waals surface area contributed by atoms with Crippen molar-refractivity contribution in [3.8, 4) is 0 Å². The van der Waals surface area contributed by atoms with E-state index in [0.29, 0.717) is 0 Å². The largest absolute Gasteiger partial charge is 0.476 e. The monoisotopic (exact) mass is 183 g/mol. The topological polar surface area (TPSA) is 119 Å². The molecule has 1 heterocycles. The van der Waals surface area contributed by atoms with Crippen molar-refractivity contribution in [3.05, 3.63) is 28.1 Å². The zero-order valence-corrected chi connectivity index (χ0v) is 6.30. The zero-order valence-electron chi connectivity index (χ0n) is 6.30. The third kappa shape index (κ3) is 1.53. The molecule has 7 heteroatoms. The van der Waals surface area contributed by atoms with Crippen molar-refractivity contribution in [2.75, 3.05) is 5.73 Å². The maximum absolute atomic E-state index is 10.5. The van der Waals surface area contributed by atoms with Gasteiger partial charge >= 0.3 is 11.7 Å². The Morgan fingerprint density at radius 3 is 2.69 bits per heavy atom. The maximum Gasteiger partial charge on any atom is 0.361 e. The lowest BCUT2D eigenvalue weighted by Gasteiger charge is -1.98. The van der Waals surface area contributed by atoms with E-state index in [1.165, 1.54) is 6.07 Å². The van der Waals surface area contributed by atoms with Gasteiger partial charge in [0.2, 0.25) is 5.69 Å². The van der Waals surface area contributed by atoms with Crippen LogP contribution in [0.2, 0.25) is 0 Å². The molecule has 0 unspecified atom stereocenters. The van der Waals surface area contributed by atoms with Crippen LogP contribution in [0.3, 0.4) is 0 Å². The van der Waals surface area contributed by atoms with Gasteiger partial charge in [-0.3, -0.25) is 10.1 Å². The summed E-state index contributed by atoms with van der Waals surface area (Å²) in [7, 11) is 0. The molecular weight excluding hydrogens is 178 g/mol. The van der Waals surface area contributed by atoms with E-state index in [1.807, 2.05) is 0 Å². The lowest BCUT2D eigenvalue weighted by atomic mass is 10.2. The number of hydrogen-bond donors (Lipinski definition) is 2. The summed E-state index contributed by atoms with van der Waals surface area (Å²) in [6.07, 6.45) is 1.10. The van der Waals surface area contributed by atoms with E-state index in [9.17, 15) is 14.9 Å². The fourth-order valence-electron chi connectivity index (χ4n) is 0.817. The Morgan fingerprint density at radius 2 is 2.31 bits per heavy atom. The van der Waals surface area contributed by atoms with Crippen LogP contribution < -0.4 is 5.73 Å². The van der Waals surface area contributed by atoms with E-state index < -0.39 is 22.3 Å². The van der Waals surface area contributed by atoms with E-state index in [0.717, 1.165) is 6.20 Å². The fraction of sp³-hybridized carbons (Fsp3) is 0. The molecule has 0 aliphatic carbocycles. The molecule has 0 amide bonds. The van der Waals surface area contributed by atoms with Gasteiger partial charge in [0, 0.05) is 6.20 Å². The molecule has 0 saturated heterocycles. The first-order chi connectivity index (χ1) is 6.04. The minimum absolute atomic E-state index is 0.211. The predicted molar refractivity (Wildman–Crippen MR) is 42.3 cm³/mol. The molecule has 0 bridgehead atoms. The predicted octanol–water partition coefficient (Wildman–Crippen LogP) is 0.270. The average molecular weight is 183 g/mol. The van der Waals surface area contributed by atoms with Crippen LogP contribution in [0.1, 0.15) is 10.5 Å². The molecule has 0 fully saturated rings. The van der Waals surface area contributed by atoms with Gasteiger partial charge in [0.15, 0.2) is 0 Å². The first kappa shape index (κ1) is 8.91. The van der Waals surface area contributed by atoms with Gasteiger partial charge in [-0.05, 0) is 6.07 Å². The number of hydrogen-bond acceptors (Lipinski definition) is 5. The summed E-state index contributed by atoms with van der Waals surface area (Å²) in [5, 5.41) is 18.9. The lowest BCUT2D eigenvalue weighted by Crippen LogP contribution is -2.07. The number of nitrogens with two attached hydrogens (primary N) is 1. The number of carboxylic acid groups (broad SMARTS) is 1. The summed E-state index contributed by atoms with van der Waals surface area (Å²) in [5.74, 6) is -1.47. The van der Waals surface area contributed by atoms with Gasteiger partial charge in [0.05, 0.1) is 4.92 Å². The highest BCUT2D eigenvalue weighted by Gasteiger charge is 2.24. The fourth-order valence-corrected chi connectivity index (χ4v) is 0.817. The lowest BCUT2D eigenvalue weighted by molar-refractivity contribution is -0.384. The molecule has 1 aromatic rings. The Labute approximate surface area is 72.0 Å². The van der Waals surface area contributed by atoms with Crippen molar-refractivity contribution >= 4 is 17.3 Å². The third-order valence-corrected chi connectivity index (χ3v) is 1.34. The van der Waals surface area contributed by atoms with Gasteiger partial charge in [-0.1, -0.05) is 0 Å². The van der Waals surface area contributed by atoms with Crippen LogP contribution in [0.4, 0.5) is 11.4 Å². The molecule has 1 rings (SSSR count). The summed E-state index contributed by atoms with van der Waals surface area (Å²) < 4.78 is 0. The smallest absolute Gasteiger partial charge is 0.361 e. The van der Waals surface area contributed by atoms with Gasteiger partial charge in [0.25, 0.3) is 0 Å². The normalized spacial score (nSPS) is 9.54. The van der Waals surface area contributed by atoms with E-state index in [1.54, 1.807) is 0 Å². The number of pyridine rings is 1. The number of nitrogens with zero attached hydrogens (tertiary/aromatic N) is 2. The SMILES string of the molecule is Nc1ccnc(C(=O)O)c1[N+](=O)[O-]. The van der Waals surface area contributed by atoms with Gasteiger partial charge in [-0.15, -0.1) is 0 Å². The Bertz CT molecular complexity index is 376. The number of anilines is 1. The molecule has 7 nitrogen and oxygen atoms in total. The van der Waals surface area contributed by atoms with Crippen molar-refractivity contribution in [3.63, 3.8) is 0 Å². The van der Waals surface area contributed by atoms with E-state index >= 15 is 0 Å². The summed E-state index contributed by atoms with van der Waals surface area (Å²) in [4.78, 5) is 23.3. The van der Waals surface area contributed by atoms with E-state index in [2.05, 4.69) is 4.98 Å². The van der Waals surface area contributed by atoms with E-state index in [4.69, 9.17) is 10.8 Å². The molecule has 13 heavy (non-hydrogen) atoms. The summed E-state index contributed by atoms with van der Waals surface area (Å²) in [5.41, 5.74) is 3.68. The molecule has 0 spiro atoms. The van der Waals surface area contributed by atoms with Crippen LogP contribution in [0, 0.1) is 10.1 Å². The number of carbonyl (C=O) groups is 1. The summed E-state index contributed by atoms with van der Waals surface area (Å²) >= 11 is 0. The van der Waals surface area contributed by atoms with E-state index in [-0.39, 0.29) is 5.69 Å². The highest BCUT2D eigenvalue weighted by Crippen LogP contribution is 2.23. The molecule has 0 radical (unpaired) electrons. The molecule has 0 atom stereocenters. The highest BCUT2D eigenvalue weighted by molar-refractivity contribution is 5.92. The molecule has 3 N–H and O–H groups in total. The Balaban J connectivity index is 3.43. The molecular formula is C6H5N3O4. The number of aromatic nitrogens is 1. The van der Waals surface area contributed by atoms with Crippen LogP contribution >= 0.6 is 0 Å². The molecule has 0 aliphatic rings. The van der Waals surface area contributed by atoms with Crippen molar-refractivity contribution in [2.24, 2.45) is 0 Å². The molecule has 68 valence electrons.